The van der Waals surface area contributed by atoms with Crippen LogP contribution in [0.2, 0.25) is 5.02 Å². The molecule has 29 heavy (non-hydrogen) atoms. The molecular formula is C24H28ClN3O. The Morgan fingerprint density at radius 1 is 1.07 bits per heavy atom. The van der Waals surface area contributed by atoms with E-state index < -0.39 is 0 Å². The number of rotatable bonds is 8. The number of benzene rings is 2. The fraction of sp³-hybridized carbons (Fsp3) is 0.292. The van der Waals surface area contributed by atoms with Gasteiger partial charge in [-0.25, -0.2) is 4.79 Å². The molecule has 2 amide bonds. The fourth-order valence-electron chi connectivity index (χ4n) is 3.28. The lowest BCUT2D eigenvalue weighted by Crippen LogP contribution is -2.44. The Morgan fingerprint density at radius 3 is 2.55 bits per heavy atom. The highest BCUT2D eigenvalue weighted by molar-refractivity contribution is 6.30. The summed E-state index contributed by atoms with van der Waals surface area (Å²) in [6, 6.07) is 22.1. The van der Waals surface area contributed by atoms with Crippen molar-refractivity contribution in [3.8, 4) is 0 Å². The summed E-state index contributed by atoms with van der Waals surface area (Å²) in [7, 11) is 0. The first-order valence-electron chi connectivity index (χ1n) is 10.0. The summed E-state index contributed by atoms with van der Waals surface area (Å²) in [6.07, 6.45) is 2.95. The van der Waals surface area contributed by atoms with Crippen LogP contribution in [0.3, 0.4) is 0 Å². The molecule has 0 fully saturated rings. The third-order valence-electron chi connectivity index (χ3n) is 5.17. The summed E-state index contributed by atoms with van der Waals surface area (Å²) in [5, 5.41) is 3.80. The van der Waals surface area contributed by atoms with Gasteiger partial charge in [0.15, 0.2) is 0 Å². The minimum absolute atomic E-state index is 0.0429. The van der Waals surface area contributed by atoms with E-state index >= 15 is 0 Å². The lowest BCUT2D eigenvalue weighted by molar-refractivity contribution is 0.171. The summed E-state index contributed by atoms with van der Waals surface area (Å²) >= 11 is 6.13. The first-order chi connectivity index (χ1) is 14.1. The molecule has 1 heterocycles. The second-order valence-corrected chi connectivity index (χ2v) is 7.72. The maximum Gasteiger partial charge on any atom is 0.318 e. The number of nitrogens with one attached hydrogen (secondary N) is 1. The fourth-order valence-corrected chi connectivity index (χ4v) is 3.49. The van der Waals surface area contributed by atoms with E-state index in [-0.39, 0.29) is 12.1 Å². The van der Waals surface area contributed by atoms with Gasteiger partial charge in [0.25, 0.3) is 0 Å². The molecule has 1 N–H and O–H groups in total. The van der Waals surface area contributed by atoms with Gasteiger partial charge < -0.3 is 14.8 Å². The molecule has 0 aliphatic heterocycles. The van der Waals surface area contributed by atoms with Gasteiger partial charge in [0.2, 0.25) is 0 Å². The van der Waals surface area contributed by atoms with Gasteiger partial charge in [-0.2, -0.15) is 0 Å². The van der Waals surface area contributed by atoms with Crippen molar-refractivity contribution in [3.63, 3.8) is 0 Å². The van der Waals surface area contributed by atoms with Gasteiger partial charge in [0, 0.05) is 36.0 Å². The van der Waals surface area contributed by atoms with Crippen molar-refractivity contribution in [1.29, 1.82) is 0 Å². The van der Waals surface area contributed by atoms with Crippen LogP contribution in [0, 0.1) is 0 Å². The van der Waals surface area contributed by atoms with Crippen LogP contribution in [0.15, 0.2) is 72.9 Å². The monoisotopic (exact) mass is 409 g/mol. The summed E-state index contributed by atoms with van der Waals surface area (Å²) in [5.74, 6) is 0. The highest BCUT2D eigenvalue weighted by atomic mass is 35.5. The molecule has 1 atom stereocenters. The highest BCUT2D eigenvalue weighted by Crippen LogP contribution is 2.16. The van der Waals surface area contributed by atoms with Crippen LogP contribution in [0.4, 0.5) is 4.79 Å². The predicted octanol–water partition coefficient (Wildman–Crippen LogP) is 5.70. The molecule has 3 aromatic rings. The van der Waals surface area contributed by atoms with Crippen LogP contribution < -0.4 is 5.32 Å². The lowest BCUT2D eigenvalue weighted by Gasteiger charge is -2.29. The Kier molecular flexibility index (Phi) is 7.36. The van der Waals surface area contributed by atoms with Gasteiger partial charge in [0.05, 0.1) is 6.54 Å². The van der Waals surface area contributed by atoms with E-state index in [1.165, 1.54) is 0 Å². The van der Waals surface area contributed by atoms with Gasteiger partial charge >= 0.3 is 6.03 Å². The smallest absolute Gasteiger partial charge is 0.318 e. The van der Waals surface area contributed by atoms with Gasteiger partial charge in [-0.05, 0) is 48.7 Å². The van der Waals surface area contributed by atoms with Gasteiger partial charge in [-0.15, -0.1) is 0 Å². The predicted molar refractivity (Wildman–Crippen MR) is 119 cm³/mol. The Morgan fingerprint density at radius 2 is 1.83 bits per heavy atom. The Balaban J connectivity index is 1.70. The zero-order valence-electron chi connectivity index (χ0n) is 17.0. The zero-order chi connectivity index (χ0) is 20.6. The van der Waals surface area contributed by atoms with E-state index in [1.54, 1.807) is 0 Å². The number of carbonyl (C=O) groups excluding carboxylic acids is 1. The topological polar surface area (TPSA) is 37.3 Å². The van der Waals surface area contributed by atoms with Crippen molar-refractivity contribution in [3.05, 3.63) is 94.8 Å². The molecule has 4 nitrogen and oxygen atoms in total. The number of aromatic nitrogens is 1. The minimum atomic E-state index is -0.0429. The molecule has 5 heteroatoms. The number of nitrogens with zero attached hydrogens (tertiary/aromatic N) is 2. The second-order valence-electron chi connectivity index (χ2n) is 7.29. The molecule has 0 unspecified atom stereocenters. The number of hydrogen-bond acceptors (Lipinski definition) is 1. The molecule has 0 spiro atoms. The molecule has 0 radical (unpaired) electrons. The van der Waals surface area contributed by atoms with Gasteiger partial charge in [0.1, 0.15) is 0 Å². The van der Waals surface area contributed by atoms with Crippen LogP contribution >= 0.6 is 11.6 Å². The Hall–Kier alpha value is -2.72. The Labute approximate surface area is 178 Å². The van der Waals surface area contributed by atoms with Crippen molar-refractivity contribution >= 4 is 17.6 Å². The first-order valence-corrected chi connectivity index (χ1v) is 10.4. The van der Waals surface area contributed by atoms with Crippen LogP contribution in [-0.4, -0.2) is 21.5 Å². The van der Waals surface area contributed by atoms with Crippen molar-refractivity contribution < 1.29 is 4.79 Å². The summed E-state index contributed by atoms with van der Waals surface area (Å²) in [4.78, 5) is 14.9. The molecule has 0 aliphatic carbocycles. The van der Waals surface area contributed by atoms with Crippen molar-refractivity contribution in [1.82, 2.24) is 14.8 Å². The minimum Gasteiger partial charge on any atom is -0.345 e. The van der Waals surface area contributed by atoms with E-state index in [9.17, 15) is 4.79 Å². The van der Waals surface area contributed by atoms with Crippen molar-refractivity contribution in [2.45, 2.75) is 45.9 Å². The van der Waals surface area contributed by atoms with E-state index in [2.05, 4.69) is 35.9 Å². The summed E-state index contributed by atoms with van der Waals surface area (Å²) in [5.41, 5.74) is 3.33. The molecule has 0 saturated carbocycles. The normalized spacial score (nSPS) is 11.8. The maximum absolute atomic E-state index is 12.9. The number of hydrogen-bond donors (Lipinski definition) is 1. The van der Waals surface area contributed by atoms with E-state index in [4.69, 9.17) is 11.6 Å². The maximum atomic E-state index is 12.9. The number of halogens is 1. The molecule has 0 aliphatic rings. The van der Waals surface area contributed by atoms with Crippen LogP contribution in [0.25, 0.3) is 0 Å². The molecular weight excluding hydrogens is 382 g/mol. The molecule has 0 saturated heterocycles. The largest absolute Gasteiger partial charge is 0.345 e. The SMILES string of the molecule is CC[C@@H](C)N(Cc1cccn1Cc1cccc(Cl)c1)C(=O)NCc1ccccc1. The van der Waals surface area contributed by atoms with Crippen molar-refractivity contribution in [2.75, 3.05) is 0 Å². The second kappa shape index (κ2) is 10.2. The molecule has 2 aromatic carbocycles. The van der Waals surface area contributed by atoms with Crippen LogP contribution in [0.5, 0.6) is 0 Å². The molecule has 1 aromatic heterocycles. The number of carbonyl (C=O) groups is 1. The first kappa shape index (κ1) is 21.0. The third kappa shape index (κ3) is 5.88. The zero-order valence-corrected chi connectivity index (χ0v) is 17.8. The Bertz CT molecular complexity index is 923. The standard InChI is InChI=1S/C24H28ClN3O/c1-3-19(2)28(24(29)26-16-20-9-5-4-6-10-20)18-23-13-8-14-27(23)17-21-11-7-12-22(25)15-21/h4-15,19H,3,16-18H2,1-2H3,(H,26,29)/t19-/m1/s1. The third-order valence-corrected chi connectivity index (χ3v) is 5.40. The number of urea groups is 1. The highest BCUT2D eigenvalue weighted by Gasteiger charge is 2.20. The van der Waals surface area contributed by atoms with Gasteiger partial charge in [-0.1, -0.05) is 61.0 Å². The molecule has 152 valence electrons. The van der Waals surface area contributed by atoms with Crippen LogP contribution in [-0.2, 0) is 19.6 Å². The van der Waals surface area contributed by atoms with E-state index in [1.807, 2.05) is 65.7 Å². The van der Waals surface area contributed by atoms with Crippen molar-refractivity contribution in [2.24, 2.45) is 0 Å². The lowest BCUT2D eigenvalue weighted by atomic mass is 10.2. The summed E-state index contributed by atoms with van der Waals surface area (Å²) < 4.78 is 2.17. The summed E-state index contributed by atoms with van der Waals surface area (Å²) in [6.45, 7) is 6.00. The van der Waals surface area contributed by atoms with E-state index in [0.717, 1.165) is 34.8 Å². The average molecular weight is 410 g/mol. The van der Waals surface area contributed by atoms with Crippen LogP contribution in [0.1, 0.15) is 37.1 Å². The molecule has 3 rings (SSSR count). The van der Waals surface area contributed by atoms with E-state index in [0.29, 0.717) is 13.1 Å². The van der Waals surface area contributed by atoms with Gasteiger partial charge in [-0.3, -0.25) is 0 Å². The molecule has 0 bridgehead atoms. The quantitative estimate of drug-likeness (QED) is 0.509. The number of amides is 2. The average Bonchev–Trinajstić information content (AvgIpc) is 3.17.